The number of hydrogen-bond donors (Lipinski definition) is 2. The summed E-state index contributed by atoms with van der Waals surface area (Å²) in [6, 6.07) is 0.434. The maximum atomic E-state index is 11.0. The first-order chi connectivity index (χ1) is 9.65. The number of carbonyl (C=O) groups is 1. The predicted molar refractivity (Wildman–Crippen MR) is 87.5 cm³/mol. The van der Waals surface area contributed by atoms with Crippen molar-refractivity contribution in [1.82, 2.24) is 10.2 Å². The standard InChI is InChI=1S/C17H34N2O2/c1-13(2)6-7-18-15-8-14(9-17(3,4)5)10-19(11-15)12-16(20)21/h13-15,18H,6-12H2,1-5H3,(H,20,21). The minimum Gasteiger partial charge on any atom is -0.480 e. The molecule has 0 bridgehead atoms. The van der Waals surface area contributed by atoms with Crippen molar-refractivity contribution in [3.8, 4) is 0 Å². The molecule has 1 rings (SSSR count). The van der Waals surface area contributed by atoms with Gasteiger partial charge in [-0.2, -0.15) is 0 Å². The molecule has 1 fully saturated rings. The molecule has 21 heavy (non-hydrogen) atoms. The summed E-state index contributed by atoms with van der Waals surface area (Å²) < 4.78 is 0. The molecule has 0 aromatic carbocycles. The lowest BCUT2D eigenvalue weighted by Crippen LogP contribution is -2.51. The zero-order valence-electron chi connectivity index (χ0n) is 14.5. The van der Waals surface area contributed by atoms with Crippen LogP contribution in [0.25, 0.3) is 0 Å². The number of nitrogens with zero attached hydrogens (tertiary/aromatic N) is 1. The van der Waals surface area contributed by atoms with Crippen LogP contribution < -0.4 is 5.32 Å². The van der Waals surface area contributed by atoms with E-state index in [2.05, 4.69) is 44.8 Å². The zero-order chi connectivity index (χ0) is 16.0. The van der Waals surface area contributed by atoms with E-state index in [-0.39, 0.29) is 6.54 Å². The molecule has 0 saturated carbocycles. The largest absolute Gasteiger partial charge is 0.480 e. The summed E-state index contributed by atoms with van der Waals surface area (Å²) in [7, 11) is 0. The molecular formula is C17H34N2O2. The third kappa shape index (κ3) is 8.42. The van der Waals surface area contributed by atoms with E-state index in [0.717, 1.165) is 26.1 Å². The van der Waals surface area contributed by atoms with Crippen molar-refractivity contribution in [1.29, 1.82) is 0 Å². The van der Waals surface area contributed by atoms with Gasteiger partial charge in [0.1, 0.15) is 0 Å². The lowest BCUT2D eigenvalue weighted by atomic mass is 9.80. The Morgan fingerprint density at radius 2 is 2.00 bits per heavy atom. The van der Waals surface area contributed by atoms with Crippen LogP contribution in [0.2, 0.25) is 0 Å². The van der Waals surface area contributed by atoms with E-state index >= 15 is 0 Å². The second-order valence-corrected chi connectivity index (χ2v) is 8.29. The Labute approximate surface area is 130 Å². The number of likely N-dealkylation sites (tertiary alicyclic amines) is 1. The molecule has 0 aromatic rings. The molecular weight excluding hydrogens is 264 g/mol. The summed E-state index contributed by atoms with van der Waals surface area (Å²) >= 11 is 0. The van der Waals surface area contributed by atoms with Gasteiger partial charge >= 0.3 is 5.97 Å². The molecule has 0 radical (unpaired) electrons. The third-order valence-corrected chi connectivity index (χ3v) is 4.03. The van der Waals surface area contributed by atoms with Crippen molar-refractivity contribution in [3.63, 3.8) is 0 Å². The van der Waals surface area contributed by atoms with Gasteiger partial charge in [0.05, 0.1) is 6.54 Å². The zero-order valence-corrected chi connectivity index (χ0v) is 14.5. The maximum absolute atomic E-state index is 11.0. The topological polar surface area (TPSA) is 52.6 Å². The van der Waals surface area contributed by atoms with Gasteiger partial charge in [0.15, 0.2) is 0 Å². The highest BCUT2D eigenvalue weighted by atomic mass is 16.4. The van der Waals surface area contributed by atoms with E-state index in [0.29, 0.717) is 23.3 Å². The molecule has 1 heterocycles. The van der Waals surface area contributed by atoms with E-state index in [4.69, 9.17) is 5.11 Å². The van der Waals surface area contributed by atoms with Gasteiger partial charge in [-0.1, -0.05) is 34.6 Å². The van der Waals surface area contributed by atoms with Crippen LogP contribution in [-0.4, -0.2) is 48.2 Å². The van der Waals surface area contributed by atoms with Gasteiger partial charge in [-0.3, -0.25) is 9.69 Å². The Bertz CT molecular complexity index is 323. The van der Waals surface area contributed by atoms with E-state index in [1.807, 2.05) is 0 Å². The van der Waals surface area contributed by atoms with Crippen molar-refractivity contribution in [2.75, 3.05) is 26.2 Å². The molecule has 124 valence electrons. The minimum atomic E-state index is -0.715. The molecule has 2 atom stereocenters. The van der Waals surface area contributed by atoms with Gasteiger partial charge in [0.25, 0.3) is 0 Å². The number of carboxylic acid groups (broad SMARTS) is 1. The Balaban J connectivity index is 2.54. The number of aliphatic carboxylic acids is 1. The molecule has 0 spiro atoms. The molecule has 0 aliphatic carbocycles. The van der Waals surface area contributed by atoms with Crippen LogP contribution in [0, 0.1) is 17.3 Å². The van der Waals surface area contributed by atoms with E-state index in [9.17, 15) is 4.79 Å². The average Bonchev–Trinajstić information content (AvgIpc) is 2.24. The molecule has 1 saturated heterocycles. The SMILES string of the molecule is CC(C)CCNC1CC(CC(C)(C)C)CN(CC(=O)O)C1. The third-order valence-electron chi connectivity index (χ3n) is 4.03. The van der Waals surface area contributed by atoms with Gasteiger partial charge in [0.2, 0.25) is 0 Å². The van der Waals surface area contributed by atoms with Crippen molar-refractivity contribution >= 4 is 5.97 Å². The Hall–Kier alpha value is -0.610. The van der Waals surface area contributed by atoms with Gasteiger partial charge in [-0.15, -0.1) is 0 Å². The molecule has 1 aliphatic heterocycles. The number of rotatable bonds is 7. The fourth-order valence-electron chi connectivity index (χ4n) is 3.36. The normalized spacial score (nSPS) is 24.5. The summed E-state index contributed by atoms with van der Waals surface area (Å²) in [4.78, 5) is 13.1. The summed E-state index contributed by atoms with van der Waals surface area (Å²) in [6.45, 7) is 14.3. The quantitative estimate of drug-likeness (QED) is 0.759. The van der Waals surface area contributed by atoms with Gasteiger partial charge in [-0.05, 0) is 43.1 Å². The Morgan fingerprint density at radius 1 is 1.33 bits per heavy atom. The first kappa shape index (κ1) is 18.4. The summed E-state index contributed by atoms with van der Waals surface area (Å²) in [5, 5.41) is 12.7. The average molecular weight is 298 g/mol. The molecule has 4 nitrogen and oxygen atoms in total. The van der Waals surface area contributed by atoms with Crippen LogP contribution in [-0.2, 0) is 4.79 Å². The second kappa shape index (κ2) is 8.14. The first-order valence-electron chi connectivity index (χ1n) is 8.33. The van der Waals surface area contributed by atoms with Crippen LogP contribution in [0.4, 0.5) is 0 Å². The highest BCUT2D eigenvalue weighted by Gasteiger charge is 2.30. The van der Waals surface area contributed by atoms with E-state index < -0.39 is 5.97 Å². The van der Waals surface area contributed by atoms with Crippen LogP contribution in [0.5, 0.6) is 0 Å². The number of hydrogen-bond acceptors (Lipinski definition) is 3. The van der Waals surface area contributed by atoms with Crippen LogP contribution in [0.15, 0.2) is 0 Å². The predicted octanol–water partition coefficient (Wildman–Crippen LogP) is 2.83. The lowest BCUT2D eigenvalue weighted by Gasteiger charge is -2.39. The van der Waals surface area contributed by atoms with E-state index in [1.54, 1.807) is 0 Å². The number of piperidine rings is 1. The van der Waals surface area contributed by atoms with Crippen molar-refractivity contribution in [3.05, 3.63) is 0 Å². The fraction of sp³-hybridized carbons (Fsp3) is 0.941. The van der Waals surface area contributed by atoms with Gasteiger partial charge in [-0.25, -0.2) is 0 Å². The first-order valence-corrected chi connectivity index (χ1v) is 8.33. The fourth-order valence-corrected chi connectivity index (χ4v) is 3.36. The van der Waals surface area contributed by atoms with Gasteiger partial charge < -0.3 is 10.4 Å². The summed E-state index contributed by atoms with van der Waals surface area (Å²) in [5.41, 5.74) is 0.305. The van der Waals surface area contributed by atoms with Crippen molar-refractivity contribution < 1.29 is 9.90 Å². The Morgan fingerprint density at radius 3 is 2.52 bits per heavy atom. The van der Waals surface area contributed by atoms with Crippen LogP contribution >= 0.6 is 0 Å². The van der Waals surface area contributed by atoms with Crippen LogP contribution in [0.3, 0.4) is 0 Å². The lowest BCUT2D eigenvalue weighted by molar-refractivity contribution is -0.138. The molecule has 2 unspecified atom stereocenters. The smallest absolute Gasteiger partial charge is 0.317 e. The highest BCUT2D eigenvalue weighted by molar-refractivity contribution is 5.69. The monoisotopic (exact) mass is 298 g/mol. The molecule has 0 aromatic heterocycles. The molecule has 4 heteroatoms. The molecule has 2 N–H and O–H groups in total. The Kier molecular flexibility index (Phi) is 7.14. The minimum absolute atomic E-state index is 0.170. The molecule has 0 amide bonds. The van der Waals surface area contributed by atoms with Crippen LogP contribution in [0.1, 0.15) is 53.9 Å². The summed E-state index contributed by atoms with van der Waals surface area (Å²) in [5.74, 6) is 0.587. The maximum Gasteiger partial charge on any atom is 0.317 e. The summed E-state index contributed by atoms with van der Waals surface area (Å²) in [6.07, 6.45) is 3.51. The molecule has 1 aliphatic rings. The number of nitrogens with one attached hydrogen (secondary N) is 1. The second-order valence-electron chi connectivity index (χ2n) is 8.29. The number of carboxylic acids is 1. The van der Waals surface area contributed by atoms with E-state index in [1.165, 1.54) is 12.8 Å². The van der Waals surface area contributed by atoms with Crippen molar-refractivity contribution in [2.24, 2.45) is 17.3 Å². The van der Waals surface area contributed by atoms with Crippen molar-refractivity contribution in [2.45, 2.75) is 59.9 Å². The van der Waals surface area contributed by atoms with Gasteiger partial charge in [0, 0.05) is 19.1 Å². The highest BCUT2D eigenvalue weighted by Crippen LogP contribution is 2.30.